The van der Waals surface area contributed by atoms with Crippen LogP contribution < -0.4 is 4.74 Å². The summed E-state index contributed by atoms with van der Waals surface area (Å²) in [5, 5.41) is 23.0. The highest BCUT2D eigenvalue weighted by Gasteiger charge is 2.29. The van der Waals surface area contributed by atoms with Crippen LogP contribution in [0.5, 0.6) is 5.75 Å². The lowest BCUT2D eigenvalue weighted by molar-refractivity contribution is 0.0651. The second kappa shape index (κ2) is 15.9. The number of nitrogens with zero attached hydrogens (tertiary/aromatic N) is 5. The number of methoxy groups -OCH3 is 1. The van der Waals surface area contributed by atoms with E-state index < -0.39 is 15.9 Å². The average Bonchev–Trinajstić information content (AvgIpc) is 3.73. The van der Waals surface area contributed by atoms with Gasteiger partial charge in [0.25, 0.3) is 0 Å². The third-order valence-corrected chi connectivity index (χ3v) is 12.7. The second-order valence-corrected chi connectivity index (χ2v) is 18.1. The lowest BCUT2D eigenvalue weighted by Crippen LogP contribution is -2.20. The maximum atomic E-state index is 14.8. The number of carboxylic acid groups (broad SMARTS) is 1. The largest absolute Gasteiger partial charge is 0.493 e. The number of aromatic carboxylic acids is 1. The Bertz CT molecular complexity index is 2470. The van der Waals surface area contributed by atoms with Crippen LogP contribution in [0.4, 0.5) is 4.39 Å². The highest BCUT2D eigenvalue weighted by atomic mass is 35.5. The van der Waals surface area contributed by atoms with Crippen LogP contribution in [0.15, 0.2) is 48.5 Å². The van der Waals surface area contributed by atoms with E-state index in [2.05, 4.69) is 0 Å². The topological polar surface area (TPSA) is 123 Å². The molecular formula is C41H47ClFN5O6S. The predicted molar refractivity (Wildman–Crippen MR) is 215 cm³/mol. The van der Waals surface area contributed by atoms with Crippen molar-refractivity contribution in [2.45, 2.75) is 57.7 Å². The number of benzene rings is 3. The second-order valence-electron chi connectivity index (χ2n) is 14.5. The Morgan fingerprint density at radius 2 is 1.85 bits per heavy atom. The number of thiol groups is 1. The maximum Gasteiger partial charge on any atom is 0.352 e. The van der Waals surface area contributed by atoms with Gasteiger partial charge in [-0.1, -0.05) is 27.6 Å². The molecule has 0 aliphatic carbocycles. The minimum absolute atomic E-state index is 0.161. The summed E-state index contributed by atoms with van der Waals surface area (Å²) in [5.41, 5.74) is 6.98. The summed E-state index contributed by atoms with van der Waals surface area (Å²) in [6, 6.07) is 14.3. The molecule has 0 radical (unpaired) electrons. The summed E-state index contributed by atoms with van der Waals surface area (Å²) < 4.78 is 52.0. The van der Waals surface area contributed by atoms with Crippen LogP contribution in [0.25, 0.3) is 32.8 Å². The van der Waals surface area contributed by atoms with E-state index in [0.717, 1.165) is 39.0 Å². The average molecular weight is 792 g/mol. The van der Waals surface area contributed by atoms with Gasteiger partial charge in [-0.25, -0.2) is 9.18 Å². The Labute approximate surface area is 325 Å². The van der Waals surface area contributed by atoms with E-state index in [-0.39, 0.29) is 23.0 Å². The van der Waals surface area contributed by atoms with Gasteiger partial charge in [0.05, 0.1) is 50.1 Å². The number of carboxylic acids is 1. The molecule has 0 amide bonds. The van der Waals surface area contributed by atoms with E-state index in [4.69, 9.17) is 36.0 Å². The fourth-order valence-corrected chi connectivity index (χ4v) is 10.1. The molecule has 1 aliphatic heterocycles. The fourth-order valence-electron chi connectivity index (χ4n) is 7.96. The zero-order valence-electron chi connectivity index (χ0n) is 31.8. The van der Waals surface area contributed by atoms with Gasteiger partial charge < -0.3 is 23.9 Å². The standard InChI is InChI=1S/C41H47ClFN5O6S/c1-25-37-34-12-11-33(42)39(37)38-26(2)44-48(14-16-53-18-17-52-4)35(38)24-55(5,51)23-30-22-31(46(3)45-30)9-7-27-19-28-21-29(43)8-10-32(28)36(20-27)54-15-6-13-47(34)40(25)41(49)50/h8,10-12,19-22,55H,6-7,9,13-18,23-24H2,1-5H3,(H,49,50). The smallest absolute Gasteiger partial charge is 0.352 e. The van der Waals surface area contributed by atoms with Gasteiger partial charge >= 0.3 is 5.97 Å². The molecule has 0 saturated carbocycles. The van der Waals surface area contributed by atoms with E-state index in [0.29, 0.717) is 97.3 Å². The maximum absolute atomic E-state index is 14.8. The van der Waals surface area contributed by atoms with Gasteiger partial charge in [-0.2, -0.15) is 10.2 Å². The van der Waals surface area contributed by atoms with Crippen molar-refractivity contribution in [2.75, 3.05) is 39.8 Å². The highest BCUT2D eigenvalue weighted by molar-refractivity contribution is 8.00. The Balaban J connectivity index is 1.38. The predicted octanol–water partition coefficient (Wildman–Crippen LogP) is 7.08. The Hall–Kier alpha value is -4.56. The van der Waals surface area contributed by atoms with Gasteiger partial charge in [0, 0.05) is 70.3 Å². The summed E-state index contributed by atoms with van der Waals surface area (Å²) in [4.78, 5) is 12.9. The molecule has 1 aliphatic rings. The van der Waals surface area contributed by atoms with Gasteiger partial charge in [-0.3, -0.25) is 13.6 Å². The number of fused-ring (bicyclic) bond motifs is 8. The van der Waals surface area contributed by atoms with Crippen molar-refractivity contribution >= 4 is 49.2 Å². The number of hydrogen-bond acceptors (Lipinski definition) is 7. The normalized spacial score (nSPS) is 15.5. The number of hydrogen-bond donors (Lipinski definition) is 2. The Morgan fingerprint density at radius 3 is 2.64 bits per heavy atom. The van der Waals surface area contributed by atoms with E-state index in [1.54, 1.807) is 32.4 Å². The molecule has 3 aromatic heterocycles. The van der Waals surface area contributed by atoms with Gasteiger partial charge in [0.1, 0.15) is 17.3 Å². The molecular weight excluding hydrogens is 745 g/mol. The minimum atomic E-state index is -2.97. The van der Waals surface area contributed by atoms with Crippen molar-refractivity contribution < 1.29 is 32.7 Å². The Kier molecular flexibility index (Phi) is 11.2. The van der Waals surface area contributed by atoms with Crippen molar-refractivity contribution in [3.63, 3.8) is 0 Å². The number of ether oxygens (including phenoxy) is 3. The van der Waals surface area contributed by atoms with E-state index in [1.807, 2.05) is 52.2 Å². The first-order valence-corrected chi connectivity index (χ1v) is 21.4. The molecule has 1 N–H and O–H groups in total. The van der Waals surface area contributed by atoms with E-state index >= 15 is 0 Å². The van der Waals surface area contributed by atoms with E-state index in [1.165, 1.54) is 12.1 Å². The summed E-state index contributed by atoms with van der Waals surface area (Å²) in [6.07, 6.45) is 3.60. The zero-order valence-corrected chi connectivity index (χ0v) is 33.5. The highest BCUT2D eigenvalue weighted by Crippen LogP contribution is 2.43. The zero-order chi connectivity index (χ0) is 39.0. The molecule has 3 aromatic carbocycles. The van der Waals surface area contributed by atoms with Crippen LogP contribution in [0.3, 0.4) is 0 Å². The Morgan fingerprint density at radius 1 is 1.04 bits per heavy atom. The van der Waals surface area contributed by atoms with Crippen molar-refractivity contribution in [3.05, 3.63) is 99.0 Å². The number of carbonyl (C=O) groups is 1. The molecule has 292 valence electrons. The molecule has 0 saturated heterocycles. The van der Waals surface area contributed by atoms with Crippen LogP contribution >= 0.6 is 11.6 Å². The molecule has 55 heavy (non-hydrogen) atoms. The molecule has 11 nitrogen and oxygen atoms in total. The number of rotatable bonds is 7. The summed E-state index contributed by atoms with van der Waals surface area (Å²) in [7, 11) is 0.544. The summed E-state index contributed by atoms with van der Waals surface area (Å²) in [5.74, 6) is -0.275. The minimum Gasteiger partial charge on any atom is -0.493 e. The fraction of sp³-hybridized carbons (Fsp3) is 0.390. The first kappa shape index (κ1) is 38.7. The molecule has 4 heterocycles. The first-order chi connectivity index (χ1) is 26.3. The third-order valence-electron chi connectivity index (χ3n) is 10.4. The van der Waals surface area contributed by atoms with Crippen molar-refractivity contribution in [1.82, 2.24) is 24.1 Å². The molecule has 6 aromatic rings. The van der Waals surface area contributed by atoms with Crippen LogP contribution in [-0.4, -0.2) is 79.2 Å². The van der Waals surface area contributed by atoms with Crippen LogP contribution in [0, 0.1) is 19.7 Å². The van der Waals surface area contributed by atoms with Crippen molar-refractivity contribution in [1.29, 1.82) is 0 Å². The molecule has 0 atom stereocenters. The van der Waals surface area contributed by atoms with Crippen molar-refractivity contribution in [3.8, 4) is 16.9 Å². The van der Waals surface area contributed by atoms with Gasteiger partial charge in [-0.05, 0) is 98.3 Å². The quantitative estimate of drug-likeness (QED) is 0.130. The SMILES string of the molecule is COCCOCCn1nc(C)c2c1C[SH](C)(=O)Cc1cc(n(C)n1)CCc1cc(c3ccc(F)cc3c1)OCCCn1c(C(=O)O)c(C)c3c-2c(Cl)ccc31. The molecule has 0 spiro atoms. The monoisotopic (exact) mass is 791 g/mol. The molecule has 0 unspecified atom stereocenters. The summed E-state index contributed by atoms with van der Waals surface area (Å²) >= 11 is 7.10. The molecule has 8 bridgehead atoms. The van der Waals surface area contributed by atoms with Crippen molar-refractivity contribution in [2.24, 2.45) is 7.05 Å². The molecule has 0 fully saturated rings. The molecule has 7 rings (SSSR count). The van der Waals surface area contributed by atoms with Gasteiger partial charge in [0.15, 0.2) is 0 Å². The lowest BCUT2D eigenvalue weighted by atomic mass is 9.97. The number of aryl methyl sites for hydroxylation is 6. The lowest BCUT2D eigenvalue weighted by Gasteiger charge is -2.20. The number of halogens is 2. The third kappa shape index (κ3) is 7.93. The van der Waals surface area contributed by atoms with Crippen LogP contribution in [-0.2, 0) is 63.9 Å². The van der Waals surface area contributed by atoms with Gasteiger partial charge in [0.2, 0.25) is 0 Å². The number of aromatic nitrogens is 5. The molecule has 14 heteroatoms. The van der Waals surface area contributed by atoms with Gasteiger partial charge in [-0.15, -0.1) is 0 Å². The van der Waals surface area contributed by atoms with Crippen LogP contribution in [0.2, 0.25) is 5.02 Å². The van der Waals surface area contributed by atoms with Crippen LogP contribution in [0.1, 0.15) is 50.8 Å². The van der Waals surface area contributed by atoms with E-state index in [9.17, 15) is 18.5 Å². The first-order valence-electron chi connectivity index (χ1n) is 18.5. The summed E-state index contributed by atoms with van der Waals surface area (Å²) in [6.45, 7) is 6.02.